The van der Waals surface area contributed by atoms with Crippen LogP contribution in [0.25, 0.3) is 0 Å². The molecule has 0 aliphatic heterocycles. The van der Waals surface area contributed by atoms with Crippen molar-refractivity contribution in [2.75, 3.05) is 0 Å². The van der Waals surface area contributed by atoms with Gasteiger partial charge in [0.05, 0.1) is 0 Å². The van der Waals surface area contributed by atoms with Gasteiger partial charge in [0, 0.05) is 6.42 Å². The smallest absolute Gasteiger partial charge is 0.324 e. The molecule has 5 nitrogen and oxygen atoms in total. The molecule has 0 saturated carbocycles. The molecular weight excluding hydrogens is 152 g/mol. The summed E-state index contributed by atoms with van der Waals surface area (Å²) >= 11 is 0. The number of hydrogen-bond donors (Lipinski definition) is 1. The summed E-state index contributed by atoms with van der Waals surface area (Å²) in [5, 5.41) is 8.06. The predicted molar refractivity (Wildman–Crippen MR) is 33.6 cm³/mol. The molecule has 1 N–H and O–H groups in total. The van der Waals surface area contributed by atoms with Gasteiger partial charge in [0.2, 0.25) is 0 Å². The van der Waals surface area contributed by atoms with Crippen molar-refractivity contribution in [1.29, 1.82) is 0 Å². The Morgan fingerprint density at radius 1 is 1.27 bits per heavy atom. The first kappa shape index (κ1) is 9.61. The second-order valence-corrected chi connectivity index (χ2v) is 1.77. The Kier molecular flexibility index (Phi) is 3.87. The second-order valence-electron chi connectivity index (χ2n) is 1.77. The highest BCUT2D eigenvalue weighted by molar-refractivity contribution is 5.95. The first-order chi connectivity index (χ1) is 5.06. The van der Waals surface area contributed by atoms with Crippen molar-refractivity contribution in [2.45, 2.75) is 19.8 Å². The van der Waals surface area contributed by atoms with Gasteiger partial charge in [0.1, 0.15) is 6.42 Å². The van der Waals surface area contributed by atoms with Gasteiger partial charge in [-0.05, 0) is 0 Å². The third-order valence-electron chi connectivity index (χ3n) is 0.812. The van der Waals surface area contributed by atoms with Crippen molar-refractivity contribution in [3.8, 4) is 0 Å². The fraction of sp³-hybridized carbons (Fsp3) is 0.500. The van der Waals surface area contributed by atoms with E-state index < -0.39 is 24.3 Å². The molecule has 0 aliphatic rings. The fourth-order valence-corrected chi connectivity index (χ4v) is 0.359. The van der Waals surface area contributed by atoms with Crippen molar-refractivity contribution >= 4 is 17.9 Å². The maximum Gasteiger partial charge on any atom is 0.324 e. The van der Waals surface area contributed by atoms with Gasteiger partial charge in [0.25, 0.3) is 0 Å². The zero-order valence-corrected chi connectivity index (χ0v) is 5.99. The van der Waals surface area contributed by atoms with Crippen LogP contribution in [0.1, 0.15) is 19.8 Å². The molecule has 0 rings (SSSR count). The van der Waals surface area contributed by atoms with E-state index in [0.717, 1.165) is 0 Å². The number of ether oxygens (including phenoxy) is 1. The molecule has 0 aromatic carbocycles. The molecule has 0 amide bonds. The topological polar surface area (TPSA) is 80.7 Å². The molecule has 0 fully saturated rings. The van der Waals surface area contributed by atoms with E-state index in [1.165, 1.54) is 6.92 Å². The zero-order valence-electron chi connectivity index (χ0n) is 5.99. The lowest BCUT2D eigenvalue weighted by Gasteiger charge is -1.96. The van der Waals surface area contributed by atoms with Crippen LogP contribution >= 0.6 is 0 Å². The molecule has 0 radical (unpaired) electrons. The van der Waals surface area contributed by atoms with Crippen molar-refractivity contribution in [3.05, 3.63) is 0 Å². The minimum absolute atomic E-state index is 0.0609. The number of carbonyl (C=O) groups excluding carboxylic acids is 2. The summed E-state index contributed by atoms with van der Waals surface area (Å²) in [6, 6.07) is 0. The Hall–Kier alpha value is -1.39. The Balaban J connectivity index is 3.70. The van der Waals surface area contributed by atoms with E-state index in [4.69, 9.17) is 5.11 Å². The molecular formula is C6H8O5. The van der Waals surface area contributed by atoms with E-state index >= 15 is 0 Å². The highest BCUT2D eigenvalue weighted by Gasteiger charge is 2.11. The Morgan fingerprint density at radius 3 is 2.18 bits per heavy atom. The maximum absolute atomic E-state index is 10.4. The summed E-state index contributed by atoms with van der Waals surface area (Å²) in [5.41, 5.74) is 0. The zero-order chi connectivity index (χ0) is 8.85. The molecule has 0 unspecified atom stereocenters. The largest absolute Gasteiger partial charge is 0.481 e. The average molecular weight is 160 g/mol. The van der Waals surface area contributed by atoms with Gasteiger partial charge < -0.3 is 9.84 Å². The Labute approximate surface area is 63.0 Å². The minimum Gasteiger partial charge on any atom is -0.481 e. The minimum atomic E-state index is -1.31. The summed E-state index contributed by atoms with van der Waals surface area (Å²) < 4.78 is 4.05. The van der Waals surface area contributed by atoms with Crippen LogP contribution in [-0.4, -0.2) is 23.0 Å². The number of carbonyl (C=O) groups is 3. The molecule has 0 saturated heterocycles. The molecule has 62 valence electrons. The Bertz CT molecular complexity index is 183. The molecule has 0 aromatic heterocycles. The van der Waals surface area contributed by atoms with Gasteiger partial charge >= 0.3 is 17.9 Å². The van der Waals surface area contributed by atoms with Gasteiger partial charge in [-0.2, -0.15) is 0 Å². The third-order valence-corrected chi connectivity index (χ3v) is 0.812. The number of rotatable bonds is 3. The normalized spacial score (nSPS) is 8.82. The highest BCUT2D eigenvalue weighted by Crippen LogP contribution is 1.89. The molecule has 11 heavy (non-hydrogen) atoms. The van der Waals surface area contributed by atoms with Crippen LogP contribution in [0, 0.1) is 0 Å². The number of hydrogen-bond acceptors (Lipinski definition) is 4. The Morgan fingerprint density at radius 2 is 1.82 bits per heavy atom. The van der Waals surface area contributed by atoms with Gasteiger partial charge in [-0.15, -0.1) is 0 Å². The first-order valence-electron chi connectivity index (χ1n) is 3.01. The molecule has 0 heterocycles. The lowest BCUT2D eigenvalue weighted by atomic mass is 10.4. The summed E-state index contributed by atoms with van der Waals surface area (Å²) in [4.78, 5) is 30.6. The van der Waals surface area contributed by atoms with E-state index in [9.17, 15) is 14.4 Å². The molecule has 0 aliphatic carbocycles. The van der Waals surface area contributed by atoms with Crippen LogP contribution in [-0.2, 0) is 19.1 Å². The van der Waals surface area contributed by atoms with Crippen molar-refractivity contribution in [1.82, 2.24) is 0 Å². The molecule has 0 bridgehead atoms. The molecule has 0 spiro atoms. The van der Waals surface area contributed by atoms with Gasteiger partial charge in [-0.25, -0.2) is 0 Å². The van der Waals surface area contributed by atoms with E-state index in [-0.39, 0.29) is 6.42 Å². The quantitative estimate of drug-likeness (QED) is 0.462. The number of carboxylic acid groups (broad SMARTS) is 1. The summed E-state index contributed by atoms with van der Waals surface area (Å²) in [6.07, 6.45) is -0.711. The number of esters is 2. The lowest BCUT2D eigenvalue weighted by Crippen LogP contribution is -2.14. The number of aliphatic carboxylic acids is 1. The monoisotopic (exact) mass is 160 g/mol. The van der Waals surface area contributed by atoms with Crippen molar-refractivity contribution in [2.24, 2.45) is 0 Å². The SMILES string of the molecule is CCC(=O)OC(=O)CC(=O)O. The standard InChI is InChI=1S/C6H8O5/c1-2-5(9)11-6(10)3-4(7)8/h2-3H2,1H3,(H,7,8). The first-order valence-corrected chi connectivity index (χ1v) is 3.01. The third kappa shape index (κ3) is 5.07. The van der Waals surface area contributed by atoms with Crippen LogP contribution in [0.3, 0.4) is 0 Å². The maximum atomic E-state index is 10.4. The molecule has 5 heteroatoms. The predicted octanol–water partition coefficient (Wildman–Crippen LogP) is -0.0591. The highest BCUT2D eigenvalue weighted by atomic mass is 16.6. The van der Waals surface area contributed by atoms with Gasteiger partial charge in [0.15, 0.2) is 0 Å². The lowest BCUT2D eigenvalue weighted by molar-refractivity contribution is -0.161. The van der Waals surface area contributed by atoms with Crippen molar-refractivity contribution < 1.29 is 24.2 Å². The van der Waals surface area contributed by atoms with E-state index in [1.807, 2.05) is 0 Å². The van der Waals surface area contributed by atoms with Crippen LogP contribution < -0.4 is 0 Å². The van der Waals surface area contributed by atoms with E-state index in [1.54, 1.807) is 0 Å². The summed E-state index contributed by atoms with van der Waals surface area (Å²) in [6.45, 7) is 1.51. The second kappa shape index (κ2) is 4.43. The van der Waals surface area contributed by atoms with Crippen molar-refractivity contribution in [3.63, 3.8) is 0 Å². The fourth-order valence-electron chi connectivity index (χ4n) is 0.359. The van der Waals surface area contributed by atoms with Gasteiger partial charge in [-0.1, -0.05) is 6.92 Å². The van der Waals surface area contributed by atoms with E-state index in [0.29, 0.717) is 0 Å². The molecule has 0 atom stereocenters. The summed E-state index contributed by atoms with van der Waals surface area (Å²) in [7, 11) is 0. The summed E-state index contributed by atoms with van der Waals surface area (Å²) in [5.74, 6) is -3.04. The van der Waals surface area contributed by atoms with Crippen LogP contribution in [0.4, 0.5) is 0 Å². The number of carboxylic acids is 1. The van der Waals surface area contributed by atoms with Crippen LogP contribution in [0.5, 0.6) is 0 Å². The molecule has 0 aromatic rings. The van der Waals surface area contributed by atoms with Gasteiger partial charge in [-0.3, -0.25) is 14.4 Å². The van der Waals surface area contributed by atoms with Crippen LogP contribution in [0.15, 0.2) is 0 Å². The average Bonchev–Trinajstić information content (AvgIpc) is 1.85. The van der Waals surface area contributed by atoms with E-state index in [2.05, 4.69) is 4.74 Å². The van der Waals surface area contributed by atoms with Crippen LogP contribution in [0.2, 0.25) is 0 Å².